The summed E-state index contributed by atoms with van der Waals surface area (Å²) in [6, 6.07) is 18.0. The van der Waals surface area contributed by atoms with Gasteiger partial charge in [0, 0.05) is 31.7 Å². The van der Waals surface area contributed by atoms with Crippen LogP contribution in [0.25, 0.3) is 0 Å². The van der Waals surface area contributed by atoms with Crippen LogP contribution in [-0.2, 0) is 6.18 Å². The highest BCUT2D eigenvalue weighted by Crippen LogP contribution is 2.38. The van der Waals surface area contributed by atoms with Crippen LogP contribution >= 0.6 is 0 Å². The summed E-state index contributed by atoms with van der Waals surface area (Å²) in [6.45, 7) is 4.19. The molecule has 5 rings (SSSR count). The average molecular weight is 480 g/mol. The lowest BCUT2D eigenvalue weighted by molar-refractivity contribution is -0.137. The lowest BCUT2D eigenvalue weighted by Gasteiger charge is -2.25. The van der Waals surface area contributed by atoms with E-state index in [-0.39, 0.29) is 11.5 Å². The summed E-state index contributed by atoms with van der Waals surface area (Å²) >= 11 is 0. The number of ether oxygens (including phenoxy) is 1. The Labute approximate surface area is 201 Å². The number of hydrogen-bond donors (Lipinski definition) is 0. The van der Waals surface area contributed by atoms with Crippen molar-refractivity contribution in [3.05, 3.63) is 89.0 Å². The third-order valence-corrected chi connectivity index (χ3v) is 6.23. The van der Waals surface area contributed by atoms with Gasteiger partial charge in [-0.2, -0.15) is 13.2 Å². The van der Waals surface area contributed by atoms with Crippen LogP contribution in [0.4, 0.5) is 18.9 Å². The molecule has 0 N–H and O–H groups in total. The number of rotatable bonds is 1. The highest BCUT2D eigenvalue weighted by molar-refractivity contribution is 6.04. The number of nitrogens with zero attached hydrogens (tertiary/aromatic N) is 3. The molecule has 1 saturated heterocycles. The Hall–Kier alpha value is -3.81. The van der Waals surface area contributed by atoms with Crippen molar-refractivity contribution in [2.45, 2.75) is 19.5 Å². The van der Waals surface area contributed by atoms with Crippen LogP contribution < -0.4 is 4.74 Å². The summed E-state index contributed by atoms with van der Waals surface area (Å²) in [5.74, 6) is 1.92. The highest BCUT2D eigenvalue weighted by atomic mass is 19.4. The Balaban J connectivity index is 1.39. The molecule has 2 aliphatic rings. The van der Waals surface area contributed by atoms with Crippen molar-refractivity contribution in [2.24, 2.45) is 4.99 Å². The second-order valence-electron chi connectivity index (χ2n) is 8.71. The molecule has 0 spiro atoms. The molecule has 2 aliphatic heterocycles. The fourth-order valence-electron chi connectivity index (χ4n) is 4.39. The van der Waals surface area contributed by atoms with Crippen molar-refractivity contribution in [3.63, 3.8) is 0 Å². The van der Waals surface area contributed by atoms with E-state index in [9.17, 15) is 18.0 Å². The van der Waals surface area contributed by atoms with Gasteiger partial charge in [0.15, 0.2) is 5.75 Å². The number of alkyl halides is 3. The van der Waals surface area contributed by atoms with Gasteiger partial charge in [-0.15, -0.1) is 0 Å². The second-order valence-corrected chi connectivity index (χ2v) is 8.71. The van der Waals surface area contributed by atoms with Crippen LogP contribution in [0.1, 0.15) is 33.5 Å². The number of carbonyl (C=O) groups is 1. The third kappa shape index (κ3) is 4.73. The molecule has 1 fully saturated rings. The van der Waals surface area contributed by atoms with E-state index >= 15 is 0 Å². The van der Waals surface area contributed by atoms with Crippen molar-refractivity contribution in [1.29, 1.82) is 0 Å². The maximum absolute atomic E-state index is 13.0. The van der Waals surface area contributed by atoms with Gasteiger partial charge in [0.2, 0.25) is 0 Å². The first-order chi connectivity index (χ1) is 16.8. The molecule has 8 heteroatoms. The van der Waals surface area contributed by atoms with Gasteiger partial charge in [0.05, 0.1) is 11.1 Å². The van der Waals surface area contributed by atoms with Gasteiger partial charge in [0.1, 0.15) is 17.3 Å². The van der Waals surface area contributed by atoms with E-state index in [1.807, 2.05) is 43.3 Å². The molecule has 3 aromatic rings. The monoisotopic (exact) mass is 479 g/mol. The van der Waals surface area contributed by atoms with Crippen molar-refractivity contribution in [3.8, 4) is 11.5 Å². The number of aliphatic imine (C=N–C) groups is 1. The fraction of sp³-hybridized carbons (Fsp3) is 0.259. The molecule has 0 aromatic heterocycles. The number of amides is 1. The summed E-state index contributed by atoms with van der Waals surface area (Å²) in [5.41, 5.74) is 2.20. The molecular weight excluding hydrogens is 455 g/mol. The molecule has 0 bridgehead atoms. The van der Waals surface area contributed by atoms with Crippen LogP contribution in [-0.4, -0.2) is 47.7 Å². The molecule has 0 saturated carbocycles. The Kier molecular flexibility index (Phi) is 5.96. The van der Waals surface area contributed by atoms with Gasteiger partial charge in [-0.1, -0.05) is 23.8 Å². The number of aryl methyl sites for hydroxylation is 1. The summed E-state index contributed by atoms with van der Waals surface area (Å²) in [4.78, 5) is 21.8. The van der Waals surface area contributed by atoms with E-state index in [4.69, 9.17) is 9.73 Å². The number of hydrogen-bond acceptors (Lipinski definition) is 4. The number of amidine groups is 1. The molecule has 0 radical (unpaired) electrons. The van der Waals surface area contributed by atoms with Gasteiger partial charge in [-0.05, 0) is 61.9 Å². The molecular formula is C27H24F3N3O2. The van der Waals surface area contributed by atoms with E-state index in [1.54, 1.807) is 4.90 Å². The zero-order chi connectivity index (χ0) is 24.6. The fourth-order valence-corrected chi connectivity index (χ4v) is 4.39. The standard InChI is InChI=1S/C27H24F3N3O2/c1-18-7-12-23-21(17-18)25(31-22-5-2-3-6-24(22)35-23)32-13-4-14-33(16-15-32)26(34)19-8-10-20(11-9-19)27(28,29)30/h2-3,5-12,17H,4,13-16H2,1H3. The number of benzene rings is 3. The van der Waals surface area contributed by atoms with Gasteiger partial charge in [0.25, 0.3) is 5.91 Å². The normalized spacial score (nSPS) is 15.8. The largest absolute Gasteiger partial charge is 0.454 e. The lowest BCUT2D eigenvalue weighted by Crippen LogP contribution is -2.37. The Bertz CT molecular complexity index is 1290. The predicted octanol–water partition coefficient (Wildman–Crippen LogP) is 6.05. The Morgan fingerprint density at radius 2 is 1.69 bits per heavy atom. The summed E-state index contributed by atoms with van der Waals surface area (Å²) in [7, 11) is 0. The maximum Gasteiger partial charge on any atom is 0.416 e. The predicted molar refractivity (Wildman–Crippen MR) is 127 cm³/mol. The van der Waals surface area contributed by atoms with Crippen molar-refractivity contribution in [2.75, 3.05) is 26.2 Å². The van der Waals surface area contributed by atoms with Crippen molar-refractivity contribution < 1.29 is 22.7 Å². The van der Waals surface area contributed by atoms with Crippen LogP contribution in [0.3, 0.4) is 0 Å². The second kappa shape index (κ2) is 9.09. The Morgan fingerprint density at radius 3 is 2.46 bits per heavy atom. The number of para-hydroxylation sites is 2. The lowest BCUT2D eigenvalue weighted by atomic mass is 10.1. The molecule has 2 heterocycles. The molecule has 0 aliphatic carbocycles. The summed E-state index contributed by atoms with van der Waals surface area (Å²) in [5, 5.41) is 0. The van der Waals surface area contributed by atoms with Gasteiger partial charge in [-0.25, -0.2) is 4.99 Å². The van der Waals surface area contributed by atoms with Crippen LogP contribution in [0, 0.1) is 6.92 Å². The molecule has 1 amide bonds. The molecule has 5 nitrogen and oxygen atoms in total. The molecule has 3 aromatic carbocycles. The number of halogens is 3. The first kappa shape index (κ1) is 23.0. The summed E-state index contributed by atoms with van der Waals surface area (Å²) < 4.78 is 44.8. The van der Waals surface area contributed by atoms with Crippen molar-refractivity contribution >= 4 is 17.4 Å². The first-order valence-corrected chi connectivity index (χ1v) is 11.5. The molecule has 180 valence electrons. The minimum absolute atomic E-state index is 0.251. The minimum atomic E-state index is -4.43. The number of fused-ring (bicyclic) bond motifs is 2. The zero-order valence-electron chi connectivity index (χ0n) is 19.2. The third-order valence-electron chi connectivity index (χ3n) is 6.23. The van der Waals surface area contributed by atoms with Crippen LogP contribution in [0.15, 0.2) is 71.7 Å². The molecule has 0 unspecified atom stereocenters. The SMILES string of the molecule is Cc1ccc2c(c1)C(N1CCCN(C(=O)c3ccc(C(F)(F)F)cc3)CC1)=Nc1ccccc1O2. The average Bonchev–Trinajstić information content (AvgIpc) is 3.18. The van der Waals surface area contributed by atoms with Crippen molar-refractivity contribution in [1.82, 2.24) is 9.80 Å². The van der Waals surface area contributed by atoms with Crippen LogP contribution in [0.2, 0.25) is 0 Å². The topological polar surface area (TPSA) is 45.1 Å². The zero-order valence-corrected chi connectivity index (χ0v) is 19.2. The van der Waals surface area contributed by atoms with E-state index in [2.05, 4.69) is 11.0 Å². The maximum atomic E-state index is 13.0. The van der Waals surface area contributed by atoms with Gasteiger partial charge in [-0.3, -0.25) is 4.79 Å². The molecule has 0 atom stereocenters. The van der Waals surface area contributed by atoms with E-state index < -0.39 is 11.7 Å². The van der Waals surface area contributed by atoms with E-state index in [0.29, 0.717) is 38.3 Å². The molecule has 35 heavy (non-hydrogen) atoms. The smallest absolute Gasteiger partial charge is 0.416 e. The first-order valence-electron chi connectivity index (χ1n) is 11.5. The Morgan fingerprint density at radius 1 is 0.914 bits per heavy atom. The van der Waals surface area contributed by atoms with E-state index in [1.165, 1.54) is 12.1 Å². The highest BCUT2D eigenvalue weighted by Gasteiger charge is 2.31. The number of carbonyl (C=O) groups excluding carboxylic acids is 1. The minimum Gasteiger partial charge on any atom is -0.454 e. The van der Waals surface area contributed by atoms with Crippen LogP contribution in [0.5, 0.6) is 11.5 Å². The van der Waals surface area contributed by atoms with Gasteiger partial charge < -0.3 is 14.5 Å². The van der Waals surface area contributed by atoms with Gasteiger partial charge >= 0.3 is 6.18 Å². The quantitative estimate of drug-likeness (QED) is 0.427. The van der Waals surface area contributed by atoms with E-state index in [0.717, 1.165) is 40.5 Å². The summed E-state index contributed by atoms with van der Waals surface area (Å²) in [6.07, 6.45) is -3.73.